The summed E-state index contributed by atoms with van der Waals surface area (Å²) in [6.45, 7) is 5.28. The van der Waals surface area contributed by atoms with E-state index in [4.69, 9.17) is 0 Å². The first-order chi connectivity index (χ1) is 4.38. The molecule has 1 rings (SSSR count). The van der Waals surface area contributed by atoms with Crippen molar-refractivity contribution in [1.82, 2.24) is 9.89 Å². The van der Waals surface area contributed by atoms with Crippen LogP contribution in [0.25, 0.3) is 0 Å². The molecule has 2 heteroatoms. The lowest BCUT2D eigenvalue weighted by molar-refractivity contribution is 0.588. The molecule has 1 heterocycles. The highest BCUT2D eigenvalue weighted by Gasteiger charge is 2.18. The molecule has 0 aromatic heterocycles. The van der Waals surface area contributed by atoms with Crippen molar-refractivity contribution in [2.75, 3.05) is 6.54 Å². The third-order valence-corrected chi connectivity index (χ3v) is 1.46. The maximum Gasteiger partial charge on any atom is 0.298 e. The van der Waals surface area contributed by atoms with Crippen LogP contribution in [0.1, 0.15) is 20.3 Å². The van der Waals surface area contributed by atoms with Gasteiger partial charge >= 0.3 is 0 Å². The molecule has 2 nitrogen and oxygen atoms in total. The van der Waals surface area contributed by atoms with Crippen molar-refractivity contribution in [3.63, 3.8) is 0 Å². The van der Waals surface area contributed by atoms with Crippen LogP contribution in [0.5, 0.6) is 0 Å². The normalized spacial score (nSPS) is 16.7. The first-order valence-electron chi connectivity index (χ1n) is 3.38. The maximum atomic E-state index is 4.17. The smallest absolute Gasteiger partial charge is 0.231 e. The van der Waals surface area contributed by atoms with Gasteiger partial charge in [-0.25, -0.2) is 4.90 Å². The van der Waals surface area contributed by atoms with Crippen LogP contribution < -0.4 is 4.99 Å². The molecule has 1 aliphatic heterocycles. The molecule has 0 bridgehead atoms. The molecule has 0 spiro atoms. The highest BCUT2D eigenvalue weighted by molar-refractivity contribution is 5.83. The summed E-state index contributed by atoms with van der Waals surface area (Å²) in [6.07, 6.45) is 4.89. The largest absolute Gasteiger partial charge is 0.298 e. The Balaban J connectivity index is 2.55. The van der Waals surface area contributed by atoms with Crippen LogP contribution in [0.2, 0.25) is 0 Å². The quantitative estimate of drug-likeness (QED) is 0.535. The van der Waals surface area contributed by atoms with E-state index < -0.39 is 0 Å². The number of nitrogens with zero attached hydrogens (tertiary/aromatic N) is 2. The van der Waals surface area contributed by atoms with Crippen LogP contribution in [0.4, 0.5) is 0 Å². The Bertz CT molecular complexity index is 147. The average Bonchev–Trinajstić information content (AvgIpc) is 2.33. The van der Waals surface area contributed by atoms with Gasteiger partial charge < -0.3 is 0 Å². The molecule has 0 atom stereocenters. The minimum Gasteiger partial charge on any atom is -0.231 e. The van der Waals surface area contributed by atoms with Gasteiger partial charge in [-0.1, -0.05) is 11.9 Å². The molecule has 1 radical (unpaired) electrons. The summed E-state index contributed by atoms with van der Waals surface area (Å²) in [4.78, 5) is 6.32. The van der Waals surface area contributed by atoms with Gasteiger partial charge in [0.1, 0.15) is 6.20 Å². The van der Waals surface area contributed by atoms with Crippen molar-refractivity contribution in [2.45, 2.75) is 20.3 Å². The van der Waals surface area contributed by atoms with E-state index in [2.05, 4.69) is 23.7 Å². The van der Waals surface area contributed by atoms with Crippen LogP contribution in [0.15, 0.2) is 12.4 Å². The summed E-state index contributed by atoms with van der Waals surface area (Å²) in [7, 11) is 0. The fraction of sp³-hybridized carbons (Fsp3) is 0.571. The van der Waals surface area contributed by atoms with E-state index in [-0.39, 0.29) is 0 Å². The number of rotatable bonds is 2. The topological polar surface area (TPSA) is 17.3 Å². The second kappa shape index (κ2) is 2.67. The lowest BCUT2D eigenvalue weighted by Crippen LogP contribution is -2.23. The SMILES string of the molecule is CCC1=[N+]C=CN1CC. The van der Waals surface area contributed by atoms with Gasteiger partial charge in [-0.2, -0.15) is 0 Å². The van der Waals surface area contributed by atoms with E-state index in [1.165, 1.54) is 5.84 Å². The van der Waals surface area contributed by atoms with Crippen molar-refractivity contribution in [3.8, 4) is 0 Å². The fourth-order valence-electron chi connectivity index (χ4n) is 0.942. The van der Waals surface area contributed by atoms with E-state index >= 15 is 0 Å². The number of hydrogen-bond acceptors (Lipinski definition) is 2. The molecule has 0 fully saturated rings. The number of aliphatic imine (C=N–C) groups is 1. The van der Waals surface area contributed by atoms with Crippen molar-refractivity contribution in [2.24, 2.45) is 0 Å². The first-order valence-corrected chi connectivity index (χ1v) is 3.38. The zero-order chi connectivity index (χ0) is 6.69. The summed E-state index contributed by atoms with van der Waals surface area (Å²) < 4.78 is 0. The van der Waals surface area contributed by atoms with Gasteiger partial charge in [0.25, 0.3) is 5.84 Å². The lowest BCUT2D eigenvalue weighted by atomic mass is 10.4. The van der Waals surface area contributed by atoms with Crippen LogP contribution >= 0.6 is 0 Å². The van der Waals surface area contributed by atoms with Gasteiger partial charge in [0.15, 0.2) is 6.20 Å². The highest BCUT2D eigenvalue weighted by atomic mass is 15.2. The van der Waals surface area contributed by atoms with E-state index in [1.807, 2.05) is 12.4 Å². The molecule has 9 heavy (non-hydrogen) atoms. The molecule has 0 aliphatic carbocycles. The van der Waals surface area contributed by atoms with Crippen molar-refractivity contribution >= 4 is 5.84 Å². The predicted molar refractivity (Wildman–Crippen MR) is 39.0 cm³/mol. The summed E-state index contributed by atoms with van der Waals surface area (Å²) >= 11 is 0. The molecular formula is C7H12N2+. The Morgan fingerprint density at radius 3 is 2.78 bits per heavy atom. The molecular weight excluding hydrogens is 112 g/mol. The van der Waals surface area contributed by atoms with Gasteiger partial charge in [-0.3, -0.25) is 0 Å². The van der Waals surface area contributed by atoms with E-state index in [1.54, 1.807) is 0 Å². The summed E-state index contributed by atoms with van der Waals surface area (Å²) in [6, 6.07) is 0. The number of amidine groups is 1. The Kier molecular flexibility index (Phi) is 1.88. The van der Waals surface area contributed by atoms with Crippen molar-refractivity contribution in [3.05, 3.63) is 12.4 Å². The minimum atomic E-state index is 1.03. The lowest BCUT2D eigenvalue weighted by Gasteiger charge is -2.02. The van der Waals surface area contributed by atoms with Gasteiger partial charge in [0.05, 0.1) is 13.0 Å². The predicted octanol–water partition coefficient (Wildman–Crippen LogP) is 0.937. The maximum absolute atomic E-state index is 4.17. The number of hydrogen-bond donors (Lipinski definition) is 0. The monoisotopic (exact) mass is 124 g/mol. The van der Waals surface area contributed by atoms with Crippen molar-refractivity contribution < 1.29 is 0 Å². The Labute approximate surface area is 55.9 Å². The van der Waals surface area contributed by atoms with E-state index in [9.17, 15) is 0 Å². The Hall–Kier alpha value is -0.790. The van der Waals surface area contributed by atoms with Gasteiger partial charge in [-0.15, -0.1) is 0 Å². The molecule has 49 valence electrons. The second-order valence-electron chi connectivity index (χ2n) is 1.98. The highest BCUT2D eigenvalue weighted by Crippen LogP contribution is 1.98. The van der Waals surface area contributed by atoms with Crippen LogP contribution in [-0.4, -0.2) is 17.3 Å². The average molecular weight is 124 g/mol. The molecule has 0 saturated carbocycles. The molecule has 0 amide bonds. The zero-order valence-electron chi connectivity index (χ0n) is 5.96. The fourth-order valence-corrected chi connectivity index (χ4v) is 0.942. The zero-order valence-corrected chi connectivity index (χ0v) is 5.96. The molecule has 0 aromatic carbocycles. The first kappa shape index (κ1) is 6.33. The van der Waals surface area contributed by atoms with Crippen LogP contribution in [0, 0.1) is 0 Å². The molecule has 0 unspecified atom stereocenters. The van der Waals surface area contributed by atoms with Gasteiger partial charge in [0.2, 0.25) is 0 Å². The molecule has 0 aromatic rings. The molecule has 0 N–H and O–H groups in total. The molecule has 1 aliphatic rings. The van der Waals surface area contributed by atoms with E-state index in [0.717, 1.165) is 13.0 Å². The Morgan fingerprint density at radius 2 is 2.33 bits per heavy atom. The van der Waals surface area contributed by atoms with Gasteiger partial charge in [-0.05, 0) is 6.92 Å². The second-order valence-corrected chi connectivity index (χ2v) is 1.98. The van der Waals surface area contributed by atoms with Gasteiger partial charge in [0, 0.05) is 0 Å². The third-order valence-electron chi connectivity index (χ3n) is 1.46. The van der Waals surface area contributed by atoms with Crippen LogP contribution in [-0.2, 0) is 0 Å². The summed E-state index contributed by atoms with van der Waals surface area (Å²) in [5, 5.41) is 0. The molecule has 0 saturated heterocycles. The summed E-state index contributed by atoms with van der Waals surface area (Å²) in [5.74, 6) is 1.18. The Morgan fingerprint density at radius 1 is 1.56 bits per heavy atom. The van der Waals surface area contributed by atoms with E-state index in [0.29, 0.717) is 0 Å². The minimum absolute atomic E-state index is 1.03. The van der Waals surface area contributed by atoms with Crippen molar-refractivity contribution in [1.29, 1.82) is 0 Å². The standard InChI is InChI=1S/C7H12N2/c1-3-7-8-5-6-9(7)4-2/h5-6H,3-4H2,1-2H3/q+1. The summed E-state index contributed by atoms with van der Waals surface area (Å²) in [5.41, 5.74) is 0. The van der Waals surface area contributed by atoms with Crippen LogP contribution in [0.3, 0.4) is 0 Å². The third kappa shape index (κ3) is 1.12.